The number of rotatable bonds is 7. The zero-order valence-corrected chi connectivity index (χ0v) is 15.4. The van der Waals surface area contributed by atoms with Crippen LogP contribution in [0.5, 0.6) is 5.75 Å². The molecule has 0 aliphatic carbocycles. The van der Waals surface area contributed by atoms with E-state index in [1.54, 1.807) is 24.4 Å². The maximum absolute atomic E-state index is 11.9. The van der Waals surface area contributed by atoms with Crippen LogP contribution in [0.25, 0.3) is 0 Å². The van der Waals surface area contributed by atoms with E-state index in [-0.39, 0.29) is 12.5 Å². The van der Waals surface area contributed by atoms with Gasteiger partial charge in [-0.2, -0.15) is 5.10 Å². The second-order valence-electron chi connectivity index (χ2n) is 5.66. The van der Waals surface area contributed by atoms with Crippen molar-refractivity contribution in [2.24, 2.45) is 0 Å². The lowest BCUT2D eigenvalue weighted by molar-refractivity contribution is -0.123. The molecular weight excluding hydrogens is 373 g/mol. The number of nitrogens with zero attached hydrogens (tertiary/aromatic N) is 2. The summed E-state index contributed by atoms with van der Waals surface area (Å²) < 4.78 is 7.26. The summed E-state index contributed by atoms with van der Waals surface area (Å²) in [5.41, 5.74) is 2.15. The fraction of sp³-hybridized carbons (Fsp3) is 0.158. The Labute approximate surface area is 161 Å². The molecule has 1 heterocycles. The molecule has 0 unspecified atom stereocenters. The standard InChI is InChI=1S/C19H17Cl2N3O2/c20-16-6-7-18(17(21)10-16)26-13-19(25)22-11-14-2-4-15(5-3-14)12-24-9-1-8-23-24/h1-10H,11-13H2,(H,22,25). The van der Waals surface area contributed by atoms with E-state index in [0.29, 0.717) is 22.3 Å². The molecule has 0 bridgehead atoms. The average molecular weight is 390 g/mol. The zero-order valence-electron chi connectivity index (χ0n) is 13.9. The SMILES string of the molecule is O=C(COc1ccc(Cl)cc1Cl)NCc1ccc(Cn2cccn2)cc1. The number of carbonyl (C=O) groups is 1. The Morgan fingerprint density at radius 1 is 1.12 bits per heavy atom. The Morgan fingerprint density at radius 3 is 2.58 bits per heavy atom. The third-order valence-corrected chi connectivity index (χ3v) is 4.20. The molecule has 0 saturated carbocycles. The maximum atomic E-state index is 11.9. The van der Waals surface area contributed by atoms with Crippen LogP contribution in [0.1, 0.15) is 11.1 Å². The van der Waals surface area contributed by atoms with Crippen molar-refractivity contribution in [3.05, 3.63) is 82.1 Å². The summed E-state index contributed by atoms with van der Waals surface area (Å²) in [6.07, 6.45) is 3.67. The predicted molar refractivity (Wildman–Crippen MR) is 102 cm³/mol. The Bertz CT molecular complexity index is 865. The molecule has 1 N–H and O–H groups in total. The monoisotopic (exact) mass is 389 g/mol. The van der Waals surface area contributed by atoms with Crippen LogP contribution in [-0.4, -0.2) is 22.3 Å². The zero-order chi connectivity index (χ0) is 18.4. The maximum Gasteiger partial charge on any atom is 0.258 e. The first kappa shape index (κ1) is 18.3. The largest absolute Gasteiger partial charge is 0.482 e. The highest BCUT2D eigenvalue weighted by Crippen LogP contribution is 2.27. The van der Waals surface area contributed by atoms with Crippen molar-refractivity contribution in [1.82, 2.24) is 15.1 Å². The molecule has 2 aromatic carbocycles. The minimum absolute atomic E-state index is 0.112. The summed E-state index contributed by atoms with van der Waals surface area (Å²) in [5, 5.41) is 7.88. The number of amides is 1. The van der Waals surface area contributed by atoms with E-state index in [1.165, 1.54) is 0 Å². The molecule has 3 rings (SSSR count). The van der Waals surface area contributed by atoms with Crippen molar-refractivity contribution < 1.29 is 9.53 Å². The van der Waals surface area contributed by atoms with Gasteiger partial charge in [-0.3, -0.25) is 9.48 Å². The highest BCUT2D eigenvalue weighted by molar-refractivity contribution is 6.35. The van der Waals surface area contributed by atoms with E-state index in [4.69, 9.17) is 27.9 Å². The number of hydrogen-bond donors (Lipinski definition) is 1. The average Bonchev–Trinajstić information content (AvgIpc) is 3.13. The van der Waals surface area contributed by atoms with Crippen LogP contribution in [0.15, 0.2) is 60.9 Å². The lowest BCUT2D eigenvalue weighted by atomic mass is 10.1. The molecule has 3 aromatic rings. The van der Waals surface area contributed by atoms with Crippen molar-refractivity contribution in [2.45, 2.75) is 13.1 Å². The highest BCUT2D eigenvalue weighted by Gasteiger charge is 2.06. The van der Waals surface area contributed by atoms with Crippen LogP contribution in [0.3, 0.4) is 0 Å². The van der Waals surface area contributed by atoms with Crippen LogP contribution in [0.4, 0.5) is 0 Å². The molecular formula is C19H17Cl2N3O2. The van der Waals surface area contributed by atoms with Crippen LogP contribution >= 0.6 is 23.2 Å². The van der Waals surface area contributed by atoms with Crippen LogP contribution in [-0.2, 0) is 17.9 Å². The Balaban J connectivity index is 1.45. The van der Waals surface area contributed by atoms with Gasteiger partial charge in [-0.1, -0.05) is 47.5 Å². The van der Waals surface area contributed by atoms with Gasteiger partial charge in [0, 0.05) is 24.0 Å². The molecule has 0 aliphatic heterocycles. The van der Waals surface area contributed by atoms with E-state index in [9.17, 15) is 4.79 Å². The third kappa shape index (κ3) is 5.25. The molecule has 1 aromatic heterocycles. The Hall–Kier alpha value is -2.50. The normalized spacial score (nSPS) is 10.5. The number of aromatic nitrogens is 2. The van der Waals surface area contributed by atoms with Gasteiger partial charge in [0.1, 0.15) is 5.75 Å². The summed E-state index contributed by atoms with van der Waals surface area (Å²) >= 11 is 11.8. The van der Waals surface area contributed by atoms with Crippen molar-refractivity contribution in [3.8, 4) is 5.75 Å². The third-order valence-electron chi connectivity index (χ3n) is 3.67. The fourth-order valence-corrected chi connectivity index (χ4v) is 2.79. The van der Waals surface area contributed by atoms with E-state index in [0.717, 1.165) is 17.7 Å². The van der Waals surface area contributed by atoms with Crippen molar-refractivity contribution in [1.29, 1.82) is 0 Å². The first-order chi connectivity index (χ1) is 12.6. The van der Waals surface area contributed by atoms with Gasteiger partial charge < -0.3 is 10.1 Å². The number of halogens is 2. The Morgan fingerprint density at radius 2 is 1.88 bits per heavy atom. The molecule has 0 spiro atoms. The lowest BCUT2D eigenvalue weighted by Gasteiger charge is -2.09. The molecule has 134 valence electrons. The van der Waals surface area contributed by atoms with Crippen LogP contribution < -0.4 is 10.1 Å². The fourth-order valence-electron chi connectivity index (χ4n) is 2.33. The quantitative estimate of drug-likeness (QED) is 0.665. The number of carbonyl (C=O) groups excluding carboxylic acids is 1. The van der Waals surface area contributed by atoms with E-state index in [1.807, 2.05) is 41.2 Å². The molecule has 26 heavy (non-hydrogen) atoms. The molecule has 0 saturated heterocycles. The minimum Gasteiger partial charge on any atom is -0.482 e. The summed E-state index contributed by atoms with van der Waals surface area (Å²) in [4.78, 5) is 11.9. The summed E-state index contributed by atoms with van der Waals surface area (Å²) in [6, 6.07) is 14.8. The van der Waals surface area contributed by atoms with Gasteiger partial charge in [0.25, 0.3) is 5.91 Å². The van der Waals surface area contributed by atoms with Gasteiger partial charge >= 0.3 is 0 Å². The molecule has 0 radical (unpaired) electrons. The second-order valence-corrected chi connectivity index (χ2v) is 6.50. The van der Waals surface area contributed by atoms with Crippen LogP contribution in [0.2, 0.25) is 10.0 Å². The van der Waals surface area contributed by atoms with Crippen molar-refractivity contribution in [2.75, 3.05) is 6.61 Å². The number of ether oxygens (including phenoxy) is 1. The first-order valence-corrected chi connectivity index (χ1v) is 8.75. The molecule has 7 heteroatoms. The predicted octanol–water partition coefficient (Wildman–Crippen LogP) is 3.93. The summed E-state index contributed by atoms with van der Waals surface area (Å²) in [7, 11) is 0. The number of hydrogen-bond acceptors (Lipinski definition) is 3. The van der Waals surface area contributed by atoms with Crippen LogP contribution in [0, 0.1) is 0 Å². The molecule has 0 atom stereocenters. The smallest absolute Gasteiger partial charge is 0.258 e. The van der Waals surface area contributed by atoms with Gasteiger partial charge in [0.2, 0.25) is 0 Å². The van der Waals surface area contributed by atoms with E-state index >= 15 is 0 Å². The van der Waals surface area contributed by atoms with Gasteiger partial charge in [-0.15, -0.1) is 0 Å². The van der Waals surface area contributed by atoms with Gasteiger partial charge in [0.05, 0.1) is 11.6 Å². The summed E-state index contributed by atoms with van der Waals surface area (Å²) in [6.45, 7) is 1.03. The topological polar surface area (TPSA) is 56.1 Å². The minimum atomic E-state index is -0.225. The highest BCUT2D eigenvalue weighted by atomic mass is 35.5. The molecule has 5 nitrogen and oxygen atoms in total. The molecule has 1 amide bonds. The Kier molecular flexibility index (Phi) is 6.15. The summed E-state index contributed by atoms with van der Waals surface area (Å²) in [5.74, 6) is 0.200. The number of benzene rings is 2. The molecule has 0 aliphatic rings. The first-order valence-electron chi connectivity index (χ1n) is 8.00. The number of nitrogens with one attached hydrogen (secondary N) is 1. The van der Waals surface area contributed by atoms with Gasteiger partial charge in [-0.25, -0.2) is 0 Å². The van der Waals surface area contributed by atoms with E-state index in [2.05, 4.69) is 10.4 Å². The van der Waals surface area contributed by atoms with Gasteiger partial charge in [-0.05, 0) is 35.4 Å². The van der Waals surface area contributed by atoms with Crippen molar-refractivity contribution >= 4 is 29.1 Å². The van der Waals surface area contributed by atoms with Gasteiger partial charge in [0.15, 0.2) is 6.61 Å². The van der Waals surface area contributed by atoms with Crippen molar-refractivity contribution in [3.63, 3.8) is 0 Å². The molecule has 0 fully saturated rings. The lowest BCUT2D eigenvalue weighted by Crippen LogP contribution is -2.28. The second kappa shape index (κ2) is 8.74. The van der Waals surface area contributed by atoms with E-state index < -0.39 is 0 Å².